The monoisotopic (exact) mass is 409 g/mol. The molecular formula is C19H20ClNO5S. The molecule has 2 aromatic carbocycles. The van der Waals surface area contributed by atoms with Crippen molar-refractivity contribution in [1.29, 1.82) is 0 Å². The summed E-state index contributed by atoms with van der Waals surface area (Å²) in [4.78, 5) is 12.3. The van der Waals surface area contributed by atoms with Gasteiger partial charge in [0.05, 0.1) is 16.6 Å². The van der Waals surface area contributed by atoms with Crippen LogP contribution in [0.2, 0.25) is 5.02 Å². The van der Waals surface area contributed by atoms with E-state index in [0.717, 1.165) is 18.4 Å². The maximum Gasteiger partial charge on any atom is 0.338 e. The summed E-state index contributed by atoms with van der Waals surface area (Å²) >= 11 is 5.82. The number of benzene rings is 2. The number of halogens is 1. The third-order valence-electron chi connectivity index (χ3n) is 4.19. The van der Waals surface area contributed by atoms with E-state index in [-0.39, 0.29) is 29.7 Å². The average Bonchev–Trinajstić information content (AvgIpc) is 3.20. The van der Waals surface area contributed by atoms with Crippen molar-refractivity contribution in [2.75, 3.05) is 13.2 Å². The van der Waals surface area contributed by atoms with Gasteiger partial charge in [0.25, 0.3) is 0 Å². The molecule has 0 unspecified atom stereocenters. The normalized spacial score (nSPS) is 17.0. The second-order valence-corrected chi connectivity index (χ2v) is 8.42. The highest BCUT2D eigenvalue weighted by Crippen LogP contribution is 2.16. The van der Waals surface area contributed by atoms with Crippen molar-refractivity contribution in [1.82, 2.24) is 4.72 Å². The average molecular weight is 410 g/mol. The Balaban J connectivity index is 1.62. The molecule has 0 radical (unpaired) electrons. The van der Waals surface area contributed by atoms with Gasteiger partial charge >= 0.3 is 5.97 Å². The molecule has 1 atom stereocenters. The molecule has 6 nitrogen and oxygen atoms in total. The van der Waals surface area contributed by atoms with E-state index in [4.69, 9.17) is 21.1 Å². The van der Waals surface area contributed by atoms with Gasteiger partial charge in [0.2, 0.25) is 10.0 Å². The van der Waals surface area contributed by atoms with Crippen molar-refractivity contribution in [3.63, 3.8) is 0 Å². The number of nitrogens with one attached hydrogen (secondary N) is 1. The van der Waals surface area contributed by atoms with Gasteiger partial charge in [-0.05, 0) is 48.7 Å². The summed E-state index contributed by atoms with van der Waals surface area (Å²) in [5, 5.41) is 0.596. The van der Waals surface area contributed by atoms with Crippen LogP contribution in [0.4, 0.5) is 0 Å². The highest BCUT2D eigenvalue weighted by atomic mass is 35.5. The predicted octanol–water partition coefficient (Wildman–Crippen LogP) is 3.15. The van der Waals surface area contributed by atoms with Crippen LogP contribution in [0.1, 0.15) is 28.8 Å². The Bertz CT molecular complexity index is 893. The molecule has 2 aromatic rings. The second kappa shape index (κ2) is 8.84. The maximum atomic E-state index is 12.4. The van der Waals surface area contributed by atoms with Gasteiger partial charge in [-0.15, -0.1) is 0 Å². The maximum absolute atomic E-state index is 12.4. The first-order chi connectivity index (χ1) is 12.9. The minimum Gasteiger partial charge on any atom is -0.457 e. The fourth-order valence-corrected chi connectivity index (χ4v) is 3.93. The van der Waals surface area contributed by atoms with Crippen molar-refractivity contribution < 1.29 is 22.7 Å². The Morgan fingerprint density at radius 1 is 1.22 bits per heavy atom. The minimum atomic E-state index is -3.73. The molecule has 0 aromatic heterocycles. The molecule has 0 aliphatic carbocycles. The molecule has 1 aliphatic heterocycles. The van der Waals surface area contributed by atoms with Crippen LogP contribution < -0.4 is 4.72 Å². The lowest BCUT2D eigenvalue weighted by atomic mass is 10.2. The second-order valence-electron chi connectivity index (χ2n) is 6.22. The molecule has 1 N–H and O–H groups in total. The Kier molecular flexibility index (Phi) is 6.49. The van der Waals surface area contributed by atoms with Crippen molar-refractivity contribution in [2.45, 2.75) is 30.4 Å². The van der Waals surface area contributed by atoms with Gasteiger partial charge in [-0.1, -0.05) is 29.8 Å². The zero-order valence-corrected chi connectivity index (χ0v) is 16.1. The molecule has 0 saturated carbocycles. The third-order valence-corrected chi connectivity index (χ3v) is 5.86. The molecule has 1 aliphatic rings. The van der Waals surface area contributed by atoms with Gasteiger partial charge in [-0.25, -0.2) is 17.9 Å². The predicted molar refractivity (Wildman–Crippen MR) is 101 cm³/mol. The van der Waals surface area contributed by atoms with Gasteiger partial charge in [-0.3, -0.25) is 0 Å². The Hall–Kier alpha value is -1.93. The number of rotatable bonds is 7. The van der Waals surface area contributed by atoms with Gasteiger partial charge in [0.1, 0.15) is 6.61 Å². The molecule has 0 amide bonds. The first-order valence-corrected chi connectivity index (χ1v) is 10.4. The van der Waals surface area contributed by atoms with Gasteiger partial charge in [0.15, 0.2) is 0 Å². The van der Waals surface area contributed by atoms with Crippen LogP contribution in [0, 0.1) is 0 Å². The van der Waals surface area contributed by atoms with Crippen molar-refractivity contribution in [3.05, 3.63) is 64.7 Å². The third kappa shape index (κ3) is 5.52. The number of hydrogen-bond acceptors (Lipinski definition) is 5. The van der Waals surface area contributed by atoms with Crippen LogP contribution in [0.25, 0.3) is 0 Å². The summed E-state index contributed by atoms with van der Waals surface area (Å²) in [6, 6.07) is 12.7. The van der Waals surface area contributed by atoms with E-state index < -0.39 is 16.0 Å². The molecule has 8 heteroatoms. The van der Waals surface area contributed by atoms with E-state index in [0.29, 0.717) is 11.6 Å². The fraction of sp³-hybridized carbons (Fsp3) is 0.316. The molecule has 0 bridgehead atoms. The van der Waals surface area contributed by atoms with E-state index in [2.05, 4.69) is 4.72 Å². The molecule has 0 spiro atoms. The first kappa shape index (κ1) is 19.8. The summed E-state index contributed by atoms with van der Waals surface area (Å²) in [6.07, 6.45) is 1.66. The van der Waals surface area contributed by atoms with E-state index in [1.165, 1.54) is 24.3 Å². The lowest BCUT2D eigenvalue weighted by molar-refractivity contribution is 0.0472. The van der Waals surface area contributed by atoms with Gasteiger partial charge in [0, 0.05) is 18.2 Å². The molecule has 144 valence electrons. The number of hydrogen-bond donors (Lipinski definition) is 1. The number of sulfonamides is 1. The van der Waals surface area contributed by atoms with Crippen LogP contribution in [-0.2, 0) is 26.1 Å². The van der Waals surface area contributed by atoms with Gasteiger partial charge < -0.3 is 9.47 Å². The standard InChI is InChI=1S/C19H20ClNO5S/c20-16-8-6-14(7-9-16)13-26-19(22)15-3-1-5-18(11-15)27(23,24)21-12-17-4-2-10-25-17/h1,3,5-9,11,17,21H,2,4,10,12-13H2/t17-/m0/s1. The summed E-state index contributed by atoms with van der Waals surface area (Å²) in [6.45, 7) is 0.944. The fourth-order valence-electron chi connectivity index (χ4n) is 2.69. The van der Waals surface area contributed by atoms with E-state index in [9.17, 15) is 13.2 Å². The number of esters is 1. The highest BCUT2D eigenvalue weighted by Gasteiger charge is 2.21. The first-order valence-electron chi connectivity index (χ1n) is 8.57. The van der Waals surface area contributed by atoms with E-state index in [1.54, 1.807) is 24.3 Å². The Labute approximate surface area is 163 Å². The number of carbonyl (C=O) groups is 1. The van der Waals surface area contributed by atoms with Crippen LogP contribution in [0.3, 0.4) is 0 Å². The van der Waals surface area contributed by atoms with Gasteiger partial charge in [-0.2, -0.15) is 0 Å². The summed E-state index contributed by atoms with van der Waals surface area (Å²) in [5.74, 6) is -0.596. The topological polar surface area (TPSA) is 81.7 Å². The number of ether oxygens (including phenoxy) is 2. The van der Waals surface area contributed by atoms with Crippen LogP contribution in [0.5, 0.6) is 0 Å². The molecule has 27 heavy (non-hydrogen) atoms. The van der Waals surface area contributed by atoms with Crippen LogP contribution in [0.15, 0.2) is 53.4 Å². The van der Waals surface area contributed by atoms with Crippen LogP contribution >= 0.6 is 11.6 Å². The molecule has 1 fully saturated rings. The molecule has 3 rings (SSSR count). The van der Waals surface area contributed by atoms with Crippen molar-refractivity contribution in [2.24, 2.45) is 0 Å². The smallest absolute Gasteiger partial charge is 0.338 e. The largest absolute Gasteiger partial charge is 0.457 e. The lowest BCUT2D eigenvalue weighted by Crippen LogP contribution is -2.31. The molecular weight excluding hydrogens is 390 g/mol. The zero-order valence-electron chi connectivity index (χ0n) is 14.6. The lowest BCUT2D eigenvalue weighted by Gasteiger charge is -2.12. The summed E-state index contributed by atoms with van der Waals surface area (Å²) in [7, 11) is -3.73. The Morgan fingerprint density at radius 3 is 2.70 bits per heavy atom. The molecule has 1 saturated heterocycles. The highest BCUT2D eigenvalue weighted by molar-refractivity contribution is 7.89. The Morgan fingerprint density at radius 2 is 2.00 bits per heavy atom. The minimum absolute atomic E-state index is 0.0152. The molecule has 1 heterocycles. The van der Waals surface area contributed by atoms with Crippen LogP contribution in [-0.4, -0.2) is 33.6 Å². The van der Waals surface area contributed by atoms with Crippen molar-refractivity contribution >= 4 is 27.6 Å². The number of carbonyl (C=O) groups excluding carboxylic acids is 1. The zero-order chi connectivity index (χ0) is 19.3. The SMILES string of the molecule is O=C(OCc1ccc(Cl)cc1)c1cccc(S(=O)(=O)NC[C@@H]2CCCO2)c1. The summed E-state index contributed by atoms with van der Waals surface area (Å²) < 4.78 is 38.1. The van der Waals surface area contributed by atoms with E-state index in [1.807, 2.05) is 0 Å². The quantitative estimate of drug-likeness (QED) is 0.710. The van der Waals surface area contributed by atoms with Crippen molar-refractivity contribution in [3.8, 4) is 0 Å². The van der Waals surface area contributed by atoms with E-state index >= 15 is 0 Å². The summed E-state index contributed by atoms with van der Waals surface area (Å²) in [5.41, 5.74) is 0.957.